The fraction of sp³-hybridized carbons (Fsp3) is 0.647. The van der Waals surface area contributed by atoms with E-state index in [0.717, 1.165) is 41.2 Å². The van der Waals surface area contributed by atoms with Crippen molar-refractivity contribution in [2.45, 2.75) is 65.8 Å². The maximum Gasteiger partial charge on any atom is 0.126 e. The van der Waals surface area contributed by atoms with Gasteiger partial charge < -0.3 is 10.5 Å². The number of benzene rings is 1. The molecular weight excluding hydrogens is 270 g/mol. The third-order valence-electron chi connectivity index (χ3n) is 3.98. The van der Waals surface area contributed by atoms with Gasteiger partial charge in [-0.2, -0.15) is 0 Å². The molecule has 1 aromatic rings. The first-order valence-electron chi connectivity index (χ1n) is 7.60. The van der Waals surface area contributed by atoms with Gasteiger partial charge in [0.1, 0.15) is 5.75 Å². The summed E-state index contributed by atoms with van der Waals surface area (Å²) in [7, 11) is 0. The number of rotatable bonds is 7. The first kappa shape index (κ1) is 17.3. The van der Waals surface area contributed by atoms with Crippen LogP contribution in [0.4, 0.5) is 0 Å². The van der Waals surface area contributed by atoms with Crippen LogP contribution in [0.15, 0.2) is 6.07 Å². The smallest absolute Gasteiger partial charge is 0.126 e. The highest BCUT2D eigenvalue weighted by Gasteiger charge is 2.19. The molecule has 0 aromatic heterocycles. The molecule has 20 heavy (non-hydrogen) atoms. The maximum atomic E-state index is 6.35. The number of aryl methyl sites for hydroxylation is 1. The zero-order valence-electron chi connectivity index (χ0n) is 13.4. The minimum absolute atomic E-state index is 0.286. The van der Waals surface area contributed by atoms with Crippen molar-refractivity contribution in [1.29, 1.82) is 0 Å². The summed E-state index contributed by atoms with van der Waals surface area (Å²) in [5.41, 5.74) is 9.54. The second-order valence-electron chi connectivity index (χ2n) is 5.62. The van der Waals surface area contributed by atoms with Gasteiger partial charge in [0.05, 0.1) is 6.61 Å². The minimum Gasteiger partial charge on any atom is -0.493 e. The Morgan fingerprint density at radius 1 is 1.25 bits per heavy atom. The van der Waals surface area contributed by atoms with Crippen LogP contribution in [0.1, 0.15) is 62.6 Å². The predicted octanol–water partition coefficient (Wildman–Crippen LogP) is 4.98. The zero-order valence-corrected chi connectivity index (χ0v) is 14.2. The SMILES string of the molecule is CCOc1c(C)cc(Cl)c(C)c1C(C)CCC(N)CC. The lowest BCUT2D eigenvalue weighted by atomic mass is 9.88. The highest BCUT2D eigenvalue weighted by Crippen LogP contribution is 2.39. The average Bonchev–Trinajstić information content (AvgIpc) is 2.42. The normalized spacial score (nSPS) is 14.2. The lowest BCUT2D eigenvalue weighted by molar-refractivity contribution is 0.330. The highest BCUT2D eigenvalue weighted by atomic mass is 35.5. The Bertz CT molecular complexity index is 445. The summed E-state index contributed by atoms with van der Waals surface area (Å²) < 4.78 is 5.87. The first-order chi connectivity index (χ1) is 9.42. The van der Waals surface area contributed by atoms with Gasteiger partial charge in [-0.05, 0) is 63.1 Å². The molecule has 0 aliphatic heterocycles. The number of nitrogens with two attached hydrogens (primary N) is 1. The topological polar surface area (TPSA) is 35.2 Å². The molecule has 0 aliphatic rings. The van der Waals surface area contributed by atoms with E-state index >= 15 is 0 Å². The van der Waals surface area contributed by atoms with Gasteiger partial charge in [-0.15, -0.1) is 0 Å². The van der Waals surface area contributed by atoms with Crippen molar-refractivity contribution < 1.29 is 4.74 Å². The number of ether oxygens (including phenoxy) is 1. The predicted molar refractivity (Wildman–Crippen MR) is 88.0 cm³/mol. The third-order valence-corrected chi connectivity index (χ3v) is 4.38. The molecule has 2 nitrogen and oxygen atoms in total. The molecule has 0 radical (unpaired) electrons. The van der Waals surface area contributed by atoms with Gasteiger partial charge in [-0.3, -0.25) is 0 Å². The molecule has 1 aromatic carbocycles. The van der Waals surface area contributed by atoms with Gasteiger partial charge in [0.15, 0.2) is 0 Å². The molecule has 3 heteroatoms. The minimum atomic E-state index is 0.286. The molecule has 1 rings (SSSR count). The molecule has 0 aliphatic carbocycles. The largest absolute Gasteiger partial charge is 0.493 e. The summed E-state index contributed by atoms with van der Waals surface area (Å²) in [5.74, 6) is 1.42. The van der Waals surface area contributed by atoms with Crippen molar-refractivity contribution in [2.75, 3.05) is 6.61 Å². The number of hydrogen-bond donors (Lipinski definition) is 1. The van der Waals surface area contributed by atoms with Gasteiger partial charge in [0, 0.05) is 16.6 Å². The van der Waals surface area contributed by atoms with Crippen molar-refractivity contribution in [1.82, 2.24) is 0 Å². The fourth-order valence-electron chi connectivity index (χ4n) is 2.62. The van der Waals surface area contributed by atoms with Crippen molar-refractivity contribution >= 4 is 11.6 Å². The van der Waals surface area contributed by atoms with Crippen LogP contribution in [0.25, 0.3) is 0 Å². The van der Waals surface area contributed by atoms with E-state index in [9.17, 15) is 0 Å². The second-order valence-corrected chi connectivity index (χ2v) is 6.03. The van der Waals surface area contributed by atoms with E-state index in [4.69, 9.17) is 22.1 Å². The van der Waals surface area contributed by atoms with E-state index in [1.165, 1.54) is 5.56 Å². The fourth-order valence-corrected chi connectivity index (χ4v) is 2.88. The summed E-state index contributed by atoms with van der Waals surface area (Å²) >= 11 is 6.35. The highest BCUT2D eigenvalue weighted by molar-refractivity contribution is 6.31. The summed E-state index contributed by atoms with van der Waals surface area (Å²) in [6, 6.07) is 2.28. The summed E-state index contributed by atoms with van der Waals surface area (Å²) in [4.78, 5) is 0. The van der Waals surface area contributed by atoms with Gasteiger partial charge in [-0.25, -0.2) is 0 Å². The zero-order chi connectivity index (χ0) is 15.3. The van der Waals surface area contributed by atoms with E-state index in [0.29, 0.717) is 12.5 Å². The average molecular weight is 298 g/mol. The Morgan fingerprint density at radius 3 is 2.45 bits per heavy atom. The van der Waals surface area contributed by atoms with E-state index < -0.39 is 0 Å². The van der Waals surface area contributed by atoms with Crippen LogP contribution in [0.2, 0.25) is 5.02 Å². The molecule has 0 spiro atoms. The summed E-state index contributed by atoms with van der Waals surface area (Å²) in [6.45, 7) is 11.2. The molecule has 0 saturated carbocycles. The molecular formula is C17H28ClNO. The van der Waals surface area contributed by atoms with Crippen LogP contribution < -0.4 is 10.5 Å². The summed E-state index contributed by atoms with van der Waals surface area (Å²) in [5, 5.41) is 0.826. The number of hydrogen-bond acceptors (Lipinski definition) is 2. The Kier molecular flexibility index (Phi) is 6.84. The molecule has 2 atom stereocenters. The van der Waals surface area contributed by atoms with Crippen LogP contribution in [-0.2, 0) is 0 Å². The quantitative estimate of drug-likeness (QED) is 0.770. The van der Waals surface area contributed by atoms with Gasteiger partial charge in [0.25, 0.3) is 0 Å². The van der Waals surface area contributed by atoms with Gasteiger partial charge in [0.2, 0.25) is 0 Å². The third kappa shape index (κ3) is 4.13. The monoisotopic (exact) mass is 297 g/mol. The molecule has 0 fully saturated rings. The maximum absolute atomic E-state index is 6.35. The van der Waals surface area contributed by atoms with Gasteiger partial charge in [-0.1, -0.05) is 25.4 Å². The molecule has 0 amide bonds. The van der Waals surface area contributed by atoms with E-state index in [-0.39, 0.29) is 6.04 Å². The standard InChI is InChI=1S/C17H28ClNO/c1-6-14(19)9-8-11(3)16-13(5)15(18)10-12(4)17(16)20-7-2/h10-11,14H,6-9,19H2,1-5H3. The lowest BCUT2D eigenvalue weighted by Crippen LogP contribution is -2.19. The Morgan fingerprint density at radius 2 is 1.90 bits per heavy atom. The second kappa shape index (κ2) is 7.90. The van der Waals surface area contributed by atoms with Gasteiger partial charge >= 0.3 is 0 Å². The molecule has 0 bridgehead atoms. The van der Waals surface area contributed by atoms with Crippen molar-refractivity contribution in [3.8, 4) is 5.75 Å². The molecule has 0 saturated heterocycles. The summed E-state index contributed by atoms with van der Waals surface area (Å²) in [6.07, 6.45) is 3.13. The van der Waals surface area contributed by atoms with Crippen LogP contribution >= 0.6 is 11.6 Å². The molecule has 0 heterocycles. The Labute approximate surface area is 128 Å². The molecule has 2 unspecified atom stereocenters. The van der Waals surface area contributed by atoms with Crippen LogP contribution in [-0.4, -0.2) is 12.6 Å². The Balaban J connectivity index is 3.07. The van der Waals surface area contributed by atoms with Crippen LogP contribution in [0, 0.1) is 13.8 Å². The van der Waals surface area contributed by atoms with E-state index in [1.54, 1.807) is 0 Å². The lowest BCUT2D eigenvalue weighted by Gasteiger charge is -2.23. The molecule has 114 valence electrons. The van der Waals surface area contributed by atoms with Crippen molar-refractivity contribution in [3.63, 3.8) is 0 Å². The van der Waals surface area contributed by atoms with Crippen molar-refractivity contribution in [2.24, 2.45) is 5.73 Å². The van der Waals surface area contributed by atoms with Crippen molar-refractivity contribution in [3.05, 3.63) is 27.8 Å². The first-order valence-corrected chi connectivity index (χ1v) is 7.98. The number of halogens is 1. The van der Waals surface area contributed by atoms with Crippen LogP contribution in [0.5, 0.6) is 5.75 Å². The Hall–Kier alpha value is -0.730. The van der Waals surface area contributed by atoms with E-state index in [2.05, 4.69) is 27.7 Å². The van der Waals surface area contributed by atoms with Crippen LogP contribution in [0.3, 0.4) is 0 Å². The molecule has 2 N–H and O–H groups in total. The van der Waals surface area contributed by atoms with E-state index in [1.807, 2.05) is 13.0 Å².